The van der Waals surface area contributed by atoms with Gasteiger partial charge in [0, 0.05) is 0 Å². The molecule has 4 rings (SSSR count). The van der Waals surface area contributed by atoms with Gasteiger partial charge >= 0.3 is 28.4 Å². The van der Waals surface area contributed by atoms with Crippen molar-refractivity contribution in [2.45, 2.75) is 27.7 Å². The molecule has 26 heavy (non-hydrogen) atoms. The fourth-order valence-corrected chi connectivity index (χ4v) is 3.09. The van der Waals surface area contributed by atoms with Crippen molar-refractivity contribution in [3.8, 4) is 0 Å². The molecule has 0 aromatic heterocycles. The van der Waals surface area contributed by atoms with E-state index < -0.39 is 0 Å². The van der Waals surface area contributed by atoms with Crippen molar-refractivity contribution >= 4 is 50.6 Å². The predicted molar refractivity (Wildman–Crippen MR) is 120 cm³/mol. The van der Waals surface area contributed by atoms with E-state index >= 15 is 0 Å². The van der Waals surface area contributed by atoms with E-state index in [1.807, 2.05) is 0 Å². The summed E-state index contributed by atoms with van der Waals surface area (Å²) in [5.74, 6) is 0. The van der Waals surface area contributed by atoms with Crippen LogP contribution in [0.5, 0.6) is 0 Å². The fourth-order valence-electron chi connectivity index (χ4n) is 3.09. The van der Waals surface area contributed by atoms with Gasteiger partial charge in [0.25, 0.3) is 0 Å². The fraction of sp³-hybridized carbons (Fsp3) is 0.174. The first-order valence-electron chi connectivity index (χ1n) is 8.16. The Kier molecular flexibility index (Phi) is 11.2. The summed E-state index contributed by atoms with van der Waals surface area (Å²) in [5, 5.41) is 5.57. The van der Waals surface area contributed by atoms with Crippen molar-refractivity contribution in [2.75, 3.05) is 0 Å². The van der Waals surface area contributed by atoms with Crippen molar-refractivity contribution in [3.05, 3.63) is 82.9 Å². The molecule has 136 valence electrons. The summed E-state index contributed by atoms with van der Waals surface area (Å²) in [4.78, 5) is 0. The number of hydrogen-bond donors (Lipinski definition) is 0. The van der Waals surface area contributed by atoms with Gasteiger partial charge in [0.05, 0.1) is 0 Å². The van der Waals surface area contributed by atoms with Crippen molar-refractivity contribution in [1.29, 1.82) is 0 Å². The molecule has 0 amide bonds. The van der Waals surface area contributed by atoms with Crippen molar-refractivity contribution in [2.24, 2.45) is 0 Å². The normalized spacial score (nSPS) is 9.31. The van der Waals surface area contributed by atoms with Gasteiger partial charge in [0.1, 0.15) is 0 Å². The van der Waals surface area contributed by atoms with Crippen LogP contribution >= 0.6 is 24.8 Å². The molecule has 0 unspecified atom stereocenters. The quantitative estimate of drug-likeness (QED) is 0.242. The second-order valence-electron chi connectivity index (χ2n) is 6.10. The predicted octanol–water partition coefficient (Wildman–Crippen LogP) is 7.16. The Bertz CT molecular complexity index is 869. The average molecular weight is 465 g/mol. The number of benzene rings is 2. The second-order valence-corrected chi connectivity index (χ2v) is 6.10. The SMILES string of the molecule is Cc1cccc2c1cc[c-]2C.Cc1cccc2c1cc[c-]2C.Cl.Cl.[CH2]=[Zr+2]. The van der Waals surface area contributed by atoms with E-state index in [2.05, 4.69) is 92.6 Å². The maximum atomic E-state index is 3.34. The molecular weight excluding hydrogens is 438 g/mol. The molecule has 0 atom stereocenters. The zero-order chi connectivity index (χ0) is 17.7. The standard InChI is InChI=1S/2C11H11.CH2.2ClH.Zr/c2*1-8-4-3-5-10-9(2)6-7-11(8)10;;;;/h2*3-7H,1-2H3;1H2;2*1H;/q2*-1;;;;+2. The molecule has 0 heterocycles. The Balaban J connectivity index is 0.000000410. The van der Waals surface area contributed by atoms with E-state index in [9.17, 15) is 0 Å². The molecule has 0 N–H and O–H groups in total. The molecule has 0 saturated heterocycles. The van der Waals surface area contributed by atoms with Crippen LogP contribution in [-0.2, 0) is 24.2 Å². The summed E-state index contributed by atoms with van der Waals surface area (Å²) >= 11 is 1.30. The van der Waals surface area contributed by atoms with Crippen molar-refractivity contribution in [3.63, 3.8) is 0 Å². The van der Waals surface area contributed by atoms with Gasteiger partial charge in [0.2, 0.25) is 0 Å². The van der Waals surface area contributed by atoms with E-state index in [1.54, 1.807) is 0 Å². The van der Waals surface area contributed by atoms with E-state index in [0.29, 0.717) is 0 Å². The van der Waals surface area contributed by atoms with Crippen molar-refractivity contribution < 1.29 is 24.2 Å². The molecule has 0 aliphatic carbocycles. The monoisotopic (exact) mass is 462 g/mol. The number of hydrogen-bond acceptors (Lipinski definition) is 0. The average Bonchev–Trinajstić information content (AvgIpc) is 3.16. The molecule has 4 aromatic rings. The first kappa shape index (κ1) is 25.0. The molecular formula is C23H26Cl2Zr. The Labute approximate surface area is 184 Å². The number of rotatable bonds is 0. The van der Waals surface area contributed by atoms with Gasteiger partial charge in [-0.25, -0.2) is 0 Å². The molecule has 4 aromatic carbocycles. The van der Waals surface area contributed by atoms with E-state index in [-0.39, 0.29) is 24.8 Å². The van der Waals surface area contributed by atoms with Gasteiger partial charge in [-0.05, 0) is 13.8 Å². The Morgan fingerprint density at radius 1 is 0.654 bits per heavy atom. The van der Waals surface area contributed by atoms with Gasteiger partial charge in [-0.2, -0.15) is 24.3 Å². The topological polar surface area (TPSA) is 0 Å². The molecule has 0 bridgehead atoms. The maximum absolute atomic E-state index is 3.34. The molecule has 0 fully saturated rings. The summed E-state index contributed by atoms with van der Waals surface area (Å²) in [7, 11) is 0. The minimum atomic E-state index is 0. The van der Waals surface area contributed by atoms with Crippen LogP contribution in [0.3, 0.4) is 0 Å². The van der Waals surface area contributed by atoms with Crippen LogP contribution in [0.2, 0.25) is 0 Å². The molecule has 0 nitrogen and oxygen atoms in total. The third-order valence-corrected chi connectivity index (χ3v) is 4.50. The summed E-state index contributed by atoms with van der Waals surface area (Å²) in [6.45, 7) is 8.62. The third-order valence-electron chi connectivity index (χ3n) is 4.50. The summed E-state index contributed by atoms with van der Waals surface area (Å²) in [6.07, 6.45) is 0. The van der Waals surface area contributed by atoms with Gasteiger partial charge in [-0.1, -0.05) is 37.1 Å². The van der Waals surface area contributed by atoms with Crippen LogP contribution < -0.4 is 0 Å². The summed E-state index contributed by atoms with van der Waals surface area (Å²) < 4.78 is 3.34. The number of aryl methyl sites for hydroxylation is 4. The first-order valence-corrected chi connectivity index (χ1v) is 9.90. The van der Waals surface area contributed by atoms with Gasteiger partial charge in [-0.3, -0.25) is 0 Å². The third kappa shape index (κ3) is 5.49. The van der Waals surface area contributed by atoms with E-state index in [0.717, 1.165) is 0 Å². The first-order chi connectivity index (χ1) is 11.6. The Morgan fingerprint density at radius 3 is 1.31 bits per heavy atom. The van der Waals surface area contributed by atoms with Gasteiger partial charge in [-0.15, -0.1) is 81.8 Å². The zero-order valence-corrected chi connectivity index (χ0v) is 19.9. The van der Waals surface area contributed by atoms with E-state index in [1.165, 1.54) is 68.0 Å². The van der Waals surface area contributed by atoms with Crippen LogP contribution in [0.15, 0.2) is 60.7 Å². The molecule has 0 aliphatic rings. The molecule has 0 spiro atoms. The van der Waals surface area contributed by atoms with E-state index in [4.69, 9.17) is 0 Å². The second kappa shape index (κ2) is 11.7. The van der Waals surface area contributed by atoms with Crippen LogP contribution in [0.4, 0.5) is 0 Å². The Morgan fingerprint density at radius 2 is 1.00 bits per heavy atom. The van der Waals surface area contributed by atoms with Crippen LogP contribution in [0, 0.1) is 27.7 Å². The van der Waals surface area contributed by atoms with Crippen LogP contribution in [0.25, 0.3) is 21.5 Å². The van der Waals surface area contributed by atoms with Crippen molar-refractivity contribution in [1.82, 2.24) is 0 Å². The molecule has 0 saturated carbocycles. The number of halogens is 2. The molecule has 0 aliphatic heterocycles. The van der Waals surface area contributed by atoms with Gasteiger partial charge in [0.15, 0.2) is 0 Å². The molecule has 0 radical (unpaired) electrons. The molecule has 3 heteroatoms. The Hall–Kier alpha value is -1.01. The summed E-state index contributed by atoms with van der Waals surface area (Å²) in [6, 6.07) is 21.6. The summed E-state index contributed by atoms with van der Waals surface area (Å²) in [5.41, 5.74) is 5.50. The zero-order valence-electron chi connectivity index (χ0n) is 15.8. The number of fused-ring (bicyclic) bond motifs is 2. The van der Waals surface area contributed by atoms with Crippen LogP contribution in [0.1, 0.15) is 22.3 Å². The van der Waals surface area contributed by atoms with Gasteiger partial charge < -0.3 is 0 Å². The minimum absolute atomic E-state index is 0. The van der Waals surface area contributed by atoms with Crippen LogP contribution in [-0.4, -0.2) is 4.21 Å².